The third kappa shape index (κ3) is 3.90. The summed E-state index contributed by atoms with van der Waals surface area (Å²) in [5, 5.41) is 13.5. The number of thiophene rings is 1. The molecule has 26 heavy (non-hydrogen) atoms. The molecule has 132 valence electrons. The van der Waals surface area contributed by atoms with Crippen molar-refractivity contribution in [3.8, 4) is 6.07 Å². The Bertz CT molecular complexity index is 883. The minimum absolute atomic E-state index is 0.0716. The van der Waals surface area contributed by atoms with Crippen molar-refractivity contribution in [3.05, 3.63) is 46.8 Å². The Morgan fingerprint density at radius 2 is 2.04 bits per heavy atom. The number of esters is 1. The summed E-state index contributed by atoms with van der Waals surface area (Å²) >= 11 is 1.22. The lowest BCUT2D eigenvalue weighted by Gasteiger charge is -2.15. The van der Waals surface area contributed by atoms with E-state index in [0.29, 0.717) is 29.1 Å². The van der Waals surface area contributed by atoms with Gasteiger partial charge in [0, 0.05) is 18.7 Å². The highest BCUT2D eigenvalue weighted by atomic mass is 32.1. The Balaban J connectivity index is 1.54. The van der Waals surface area contributed by atoms with Crippen LogP contribution in [0.2, 0.25) is 0 Å². The van der Waals surface area contributed by atoms with Crippen molar-refractivity contribution in [2.45, 2.75) is 12.8 Å². The quantitative estimate of drug-likeness (QED) is 0.817. The molecule has 8 heteroatoms. The highest BCUT2D eigenvalue weighted by molar-refractivity contribution is 7.14. The van der Waals surface area contributed by atoms with Gasteiger partial charge in [0.1, 0.15) is 11.1 Å². The SMILES string of the molecule is N#Cc1ccsc1NC(=O)COC(=O)c1ccc(N2CCCC2=O)cc1. The van der Waals surface area contributed by atoms with Crippen molar-refractivity contribution < 1.29 is 19.1 Å². The van der Waals surface area contributed by atoms with Gasteiger partial charge in [-0.15, -0.1) is 11.3 Å². The van der Waals surface area contributed by atoms with Crippen molar-refractivity contribution in [3.63, 3.8) is 0 Å². The van der Waals surface area contributed by atoms with E-state index in [-0.39, 0.29) is 5.91 Å². The highest BCUT2D eigenvalue weighted by Gasteiger charge is 2.22. The maximum atomic E-state index is 12.0. The molecule has 1 fully saturated rings. The third-order valence-electron chi connectivity index (χ3n) is 3.86. The minimum atomic E-state index is -0.633. The van der Waals surface area contributed by atoms with E-state index in [4.69, 9.17) is 10.00 Å². The zero-order valence-electron chi connectivity index (χ0n) is 13.7. The van der Waals surface area contributed by atoms with Gasteiger partial charge in [-0.1, -0.05) is 0 Å². The molecule has 1 aliphatic heterocycles. The predicted octanol–water partition coefficient (Wildman–Crippen LogP) is 2.54. The first kappa shape index (κ1) is 17.6. The molecular formula is C18H15N3O4S. The Labute approximate surface area is 153 Å². The molecule has 0 spiro atoms. The monoisotopic (exact) mass is 369 g/mol. The number of anilines is 2. The molecule has 1 saturated heterocycles. The molecule has 0 bridgehead atoms. The summed E-state index contributed by atoms with van der Waals surface area (Å²) in [6.45, 7) is 0.226. The van der Waals surface area contributed by atoms with Crippen molar-refractivity contribution in [2.24, 2.45) is 0 Å². The summed E-state index contributed by atoms with van der Waals surface area (Å²) in [5.74, 6) is -1.08. The summed E-state index contributed by atoms with van der Waals surface area (Å²) in [6.07, 6.45) is 1.37. The molecule has 1 aromatic heterocycles. The van der Waals surface area contributed by atoms with E-state index in [2.05, 4.69) is 5.32 Å². The fourth-order valence-electron chi connectivity index (χ4n) is 2.57. The molecule has 0 unspecified atom stereocenters. The second kappa shape index (κ2) is 7.80. The Morgan fingerprint density at radius 3 is 2.69 bits per heavy atom. The van der Waals surface area contributed by atoms with Gasteiger partial charge in [0.25, 0.3) is 5.91 Å². The summed E-state index contributed by atoms with van der Waals surface area (Å²) in [5.41, 5.74) is 1.40. The van der Waals surface area contributed by atoms with Crippen LogP contribution in [0.1, 0.15) is 28.8 Å². The van der Waals surface area contributed by atoms with Crippen LogP contribution in [0.4, 0.5) is 10.7 Å². The third-order valence-corrected chi connectivity index (χ3v) is 4.69. The Kier molecular flexibility index (Phi) is 5.29. The van der Waals surface area contributed by atoms with Crippen molar-refractivity contribution in [1.82, 2.24) is 0 Å². The summed E-state index contributed by atoms with van der Waals surface area (Å²) in [7, 11) is 0. The van der Waals surface area contributed by atoms with E-state index in [1.165, 1.54) is 11.3 Å². The fourth-order valence-corrected chi connectivity index (χ4v) is 3.32. The summed E-state index contributed by atoms with van der Waals surface area (Å²) in [4.78, 5) is 37.3. The number of carbonyl (C=O) groups excluding carboxylic acids is 3. The van der Waals surface area contributed by atoms with Crippen LogP contribution < -0.4 is 10.2 Å². The molecule has 1 N–H and O–H groups in total. The number of rotatable bonds is 5. The largest absolute Gasteiger partial charge is 0.452 e. The number of hydrogen-bond acceptors (Lipinski definition) is 6. The van der Waals surface area contributed by atoms with Gasteiger partial charge in [-0.25, -0.2) is 4.79 Å². The number of nitrogens with one attached hydrogen (secondary N) is 1. The molecule has 2 amide bonds. The van der Waals surface area contributed by atoms with E-state index in [1.807, 2.05) is 6.07 Å². The molecule has 1 aliphatic rings. The number of benzene rings is 1. The Morgan fingerprint density at radius 1 is 1.27 bits per heavy atom. The van der Waals surface area contributed by atoms with E-state index in [9.17, 15) is 14.4 Å². The predicted molar refractivity (Wildman–Crippen MR) is 96.0 cm³/mol. The first-order valence-electron chi connectivity index (χ1n) is 7.93. The van der Waals surface area contributed by atoms with Gasteiger partial charge in [-0.05, 0) is 42.1 Å². The summed E-state index contributed by atoms with van der Waals surface area (Å²) in [6, 6.07) is 10.1. The lowest BCUT2D eigenvalue weighted by Crippen LogP contribution is -2.23. The maximum Gasteiger partial charge on any atom is 0.338 e. The Hall–Kier alpha value is -3.18. The van der Waals surface area contributed by atoms with Gasteiger partial charge in [0.05, 0.1) is 11.1 Å². The normalized spacial score (nSPS) is 13.3. The summed E-state index contributed by atoms with van der Waals surface area (Å²) < 4.78 is 4.99. The average Bonchev–Trinajstić information content (AvgIpc) is 3.28. The molecule has 0 atom stereocenters. The first-order chi connectivity index (χ1) is 12.6. The highest BCUT2D eigenvalue weighted by Crippen LogP contribution is 2.23. The van der Waals surface area contributed by atoms with Crippen LogP contribution in [0.5, 0.6) is 0 Å². The molecular weight excluding hydrogens is 354 g/mol. The minimum Gasteiger partial charge on any atom is -0.452 e. The number of nitriles is 1. The van der Waals surface area contributed by atoms with Gasteiger partial charge in [-0.3, -0.25) is 9.59 Å². The smallest absolute Gasteiger partial charge is 0.338 e. The van der Waals surface area contributed by atoms with Gasteiger partial charge in [0.2, 0.25) is 5.91 Å². The maximum absolute atomic E-state index is 12.0. The van der Waals surface area contributed by atoms with Gasteiger partial charge in [-0.2, -0.15) is 5.26 Å². The van der Waals surface area contributed by atoms with Crippen LogP contribution in [-0.4, -0.2) is 30.9 Å². The zero-order valence-corrected chi connectivity index (χ0v) is 14.5. The number of nitrogens with zero attached hydrogens (tertiary/aromatic N) is 2. The van der Waals surface area contributed by atoms with Crippen molar-refractivity contribution in [2.75, 3.05) is 23.4 Å². The molecule has 2 heterocycles. The van der Waals surface area contributed by atoms with Gasteiger partial charge < -0.3 is 15.0 Å². The number of hydrogen-bond donors (Lipinski definition) is 1. The molecule has 0 aliphatic carbocycles. The van der Waals surface area contributed by atoms with E-state index in [0.717, 1.165) is 12.1 Å². The topological polar surface area (TPSA) is 99.5 Å². The van der Waals surface area contributed by atoms with Gasteiger partial charge >= 0.3 is 5.97 Å². The van der Waals surface area contributed by atoms with Crippen LogP contribution in [0.15, 0.2) is 35.7 Å². The standard InChI is InChI=1S/C18H15N3O4S/c19-10-13-7-9-26-17(13)20-15(22)11-25-18(24)12-3-5-14(6-4-12)21-8-1-2-16(21)23/h3-7,9H,1-2,8,11H2,(H,20,22). The molecule has 1 aromatic carbocycles. The molecule has 2 aromatic rings. The second-order valence-electron chi connectivity index (χ2n) is 5.60. The number of amides is 2. The lowest BCUT2D eigenvalue weighted by atomic mass is 10.2. The molecule has 0 saturated carbocycles. The fraction of sp³-hybridized carbons (Fsp3) is 0.222. The molecule has 3 rings (SSSR count). The van der Waals surface area contributed by atoms with Crippen LogP contribution in [0.3, 0.4) is 0 Å². The average molecular weight is 369 g/mol. The van der Waals surface area contributed by atoms with Crippen molar-refractivity contribution in [1.29, 1.82) is 5.26 Å². The van der Waals surface area contributed by atoms with Crippen LogP contribution in [0.25, 0.3) is 0 Å². The first-order valence-corrected chi connectivity index (χ1v) is 8.81. The zero-order chi connectivity index (χ0) is 18.5. The molecule has 0 radical (unpaired) electrons. The van der Waals surface area contributed by atoms with Crippen LogP contribution >= 0.6 is 11.3 Å². The lowest BCUT2D eigenvalue weighted by molar-refractivity contribution is -0.119. The van der Waals surface area contributed by atoms with E-state index in [1.54, 1.807) is 40.6 Å². The number of carbonyl (C=O) groups is 3. The number of ether oxygens (including phenoxy) is 1. The van der Waals surface area contributed by atoms with Crippen LogP contribution in [0, 0.1) is 11.3 Å². The van der Waals surface area contributed by atoms with Crippen LogP contribution in [-0.2, 0) is 14.3 Å². The van der Waals surface area contributed by atoms with Gasteiger partial charge in [0.15, 0.2) is 6.61 Å². The van der Waals surface area contributed by atoms with E-state index >= 15 is 0 Å². The molecule has 7 nitrogen and oxygen atoms in total. The second-order valence-corrected chi connectivity index (χ2v) is 6.51. The van der Waals surface area contributed by atoms with Crippen molar-refractivity contribution >= 4 is 39.8 Å². The van der Waals surface area contributed by atoms with E-state index < -0.39 is 18.5 Å².